The van der Waals surface area contributed by atoms with Crippen molar-refractivity contribution in [1.29, 1.82) is 0 Å². The van der Waals surface area contributed by atoms with Crippen molar-refractivity contribution in [2.24, 2.45) is 5.92 Å². The summed E-state index contributed by atoms with van der Waals surface area (Å²) in [5.41, 5.74) is -0.510. The average molecular weight is 294 g/mol. The summed E-state index contributed by atoms with van der Waals surface area (Å²) in [5.74, 6) is -0.180. The van der Waals surface area contributed by atoms with Crippen LogP contribution in [0.4, 0.5) is 0 Å². The van der Waals surface area contributed by atoms with Crippen molar-refractivity contribution in [3.63, 3.8) is 0 Å². The van der Waals surface area contributed by atoms with Crippen LogP contribution < -0.4 is 0 Å². The molecule has 0 amide bonds. The van der Waals surface area contributed by atoms with E-state index in [0.717, 1.165) is 12.8 Å². The minimum absolute atomic E-state index is 0.101. The van der Waals surface area contributed by atoms with Gasteiger partial charge < -0.3 is 9.84 Å². The Hall–Kier alpha value is -1.42. The first-order valence-electron chi connectivity index (χ1n) is 7.53. The van der Waals surface area contributed by atoms with Crippen molar-refractivity contribution in [2.75, 3.05) is 0 Å². The number of hydrogen-bond donors (Lipinski definition) is 1. The van der Waals surface area contributed by atoms with Crippen LogP contribution in [0.2, 0.25) is 0 Å². The second kappa shape index (κ2) is 7.55. The van der Waals surface area contributed by atoms with Crippen LogP contribution in [0, 0.1) is 5.92 Å². The van der Waals surface area contributed by atoms with Crippen LogP contribution in [0.1, 0.15) is 53.4 Å². The summed E-state index contributed by atoms with van der Waals surface area (Å²) in [4.78, 5) is 23.7. The molecule has 0 aromatic heterocycles. The van der Waals surface area contributed by atoms with Gasteiger partial charge in [0.1, 0.15) is 6.10 Å². The SMILES string of the molecule is CC1=CCCC(C)C(C)OC(=O)CCC(C)(O)C=CC1=O. The molecule has 0 aromatic rings. The first kappa shape index (κ1) is 17.6. The van der Waals surface area contributed by atoms with Crippen LogP contribution in [0.5, 0.6) is 0 Å². The van der Waals surface area contributed by atoms with Gasteiger partial charge in [-0.05, 0) is 63.7 Å². The Morgan fingerprint density at radius 3 is 2.67 bits per heavy atom. The minimum Gasteiger partial charge on any atom is -0.462 e. The van der Waals surface area contributed by atoms with Gasteiger partial charge in [-0.2, -0.15) is 0 Å². The number of hydrogen-bond acceptors (Lipinski definition) is 4. The molecule has 0 aliphatic carbocycles. The summed E-state index contributed by atoms with van der Waals surface area (Å²) >= 11 is 0. The van der Waals surface area contributed by atoms with Crippen LogP contribution in [0.15, 0.2) is 23.8 Å². The summed E-state index contributed by atoms with van der Waals surface area (Å²) in [6, 6.07) is 0. The second-order valence-corrected chi connectivity index (χ2v) is 6.19. The standard InChI is InChI=1S/C17H26O4/c1-12-6-5-7-13(2)15(18)8-10-17(4,20)11-9-16(19)21-14(12)3/h7-8,10,12,14,20H,5-6,9,11H2,1-4H3. The number of carbonyl (C=O) groups excluding carboxylic acids is 2. The molecular formula is C17H26O4. The summed E-state index contributed by atoms with van der Waals surface area (Å²) in [5, 5.41) is 10.2. The van der Waals surface area contributed by atoms with E-state index in [1.165, 1.54) is 12.2 Å². The fourth-order valence-electron chi connectivity index (χ4n) is 2.11. The fourth-order valence-corrected chi connectivity index (χ4v) is 2.11. The van der Waals surface area contributed by atoms with Gasteiger partial charge >= 0.3 is 5.97 Å². The predicted octanol–water partition coefficient (Wildman–Crippen LogP) is 2.95. The van der Waals surface area contributed by atoms with Gasteiger partial charge in [-0.15, -0.1) is 0 Å². The number of ether oxygens (including phenoxy) is 1. The number of allylic oxidation sites excluding steroid dienone is 3. The van der Waals surface area contributed by atoms with Crippen LogP contribution in [0.3, 0.4) is 0 Å². The van der Waals surface area contributed by atoms with E-state index in [0.29, 0.717) is 5.57 Å². The predicted molar refractivity (Wildman–Crippen MR) is 81.7 cm³/mol. The van der Waals surface area contributed by atoms with Gasteiger partial charge in [0.15, 0.2) is 5.78 Å². The third-order valence-corrected chi connectivity index (χ3v) is 4.01. The molecular weight excluding hydrogens is 268 g/mol. The third-order valence-electron chi connectivity index (χ3n) is 4.01. The Balaban J connectivity index is 2.90. The Morgan fingerprint density at radius 2 is 2.00 bits per heavy atom. The molecule has 1 N–H and O–H groups in total. The normalized spacial score (nSPS) is 33.1. The molecule has 118 valence electrons. The molecule has 1 aliphatic rings. The molecule has 1 rings (SSSR count). The lowest BCUT2D eigenvalue weighted by Gasteiger charge is -2.22. The molecule has 4 nitrogen and oxygen atoms in total. The van der Waals surface area contributed by atoms with Gasteiger partial charge in [0, 0.05) is 6.42 Å². The highest BCUT2D eigenvalue weighted by Gasteiger charge is 2.22. The number of carbonyl (C=O) groups is 2. The monoisotopic (exact) mass is 294 g/mol. The van der Waals surface area contributed by atoms with Gasteiger partial charge in [0.2, 0.25) is 0 Å². The van der Waals surface area contributed by atoms with Crippen molar-refractivity contribution < 1.29 is 19.4 Å². The number of cyclic esters (lactones) is 1. The molecule has 0 saturated carbocycles. The molecule has 4 heteroatoms. The zero-order valence-corrected chi connectivity index (χ0v) is 13.4. The molecule has 0 fully saturated rings. The molecule has 0 saturated heterocycles. The molecule has 0 radical (unpaired) electrons. The maximum Gasteiger partial charge on any atom is 0.306 e. The maximum absolute atomic E-state index is 11.9. The molecule has 0 bridgehead atoms. The first-order valence-corrected chi connectivity index (χ1v) is 7.53. The highest BCUT2D eigenvalue weighted by molar-refractivity contribution is 6.03. The van der Waals surface area contributed by atoms with Crippen molar-refractivity contribution in [3.05, 3.63) is 23.8 Å². The van der Waals surface area contributed by atoms with E-state index >= 15 is 0 Å². The van der Waals surface area contributed by atoms with Gasteiger partial charge in [-0.25, -0.2) is 0 Å². The van der Waals surface area contributed by atoms with Crippen LogP contribution in [-0.2, 0) is 14.3 Å². The van der Waals surface area contributed by atoms with Gasteiger partial charge in [0.25, 0.3) is 0 Å². The van der Waals surface area contributed by atoms with Crippen molar-refractivity contribution in [1.82, 2.24) is 0 Å². The lowest BCUT2D eigenvalue weighted by molar-refractivity contribution is -0.151. The lowest BCUT2D eigenvalue weighted by atomic mass is 9.96. The van der Waals surface area contributed by atoms with Gasteiger partial charge in [-0.3, -0.25) is 9.59 Å². The Kier molecular flexibility index (Phi) is 6.34. The average Bonchev–Trinajstić information content (AvgIpc) is 2.41. The number of esters is 1. The van der Waals surface area contributed by atoms with Crippen molar-refractivity contribution in [3.8, 4) is 0 Å². The molecule has 0 aromatic carbocycles. The number of aliphatic hydroxyl groups is 1. The third kappa shape index (κ3) is 6.25. The van der Waals surface area contributed by atoms with Crippen LogP contribution in [-0.4, -0.2) is 28.6 Å². The largest absolute Gasteiger partial charge is 0.462 e. The summed E-state index contributed by atoms with van der Waals surface area (Å²) in [6.07, 6.45) is 6.58. The van der Waals surface area contributed by atoms with Crippen LogP contribution in [0.25, 0.3) is 0 Å². The van der Waals surface area contributed by atoms with E-state index in [-0.39, 0.29) is 36.6 Å². The summed E-state index contributed by atoms with van der Waals surface area (Å²) < 4.78 is 5.39. The van der Waals surface area contributed by atoms with Crippen molar-refractivity contribution in [2.45, 2.75) is 65.1 Å². The first-order chi connectivity index (χ1) is 9.71. The van der Waals surface area contributed by atoms with Gasteiger partial charge in [-0.1, -0.05) is 13.0 Å². The number of rotatable bonds is 0. The van der Waals surface area contributed by atoms with Crippen LogP contribution >= 0.6 is 0 Å². The molecule has 1 aliphatic heterocycles. The maximum atomic E-state index is 11.9. The van der Waals surface area contributed by atoms with Gasteiger partial charge in [0.05, 0.1) is 5.60 Å². The highest BCUT2D eigenvalue weighted by atomic mass is 16.5. The smallest absolute Gasteiger partial charge is 0.306 e. The Labute approximate surface area is 126 Å². The summed E-state index contributed by atoms with van der Waals surface area (Å²) in [7, 11) is 0. The molecule has 21 heavy (non-hydrogen) atoms. The van der Waals surface area contributed by atoms with E-state index in [4.69, 9.17) is 4.74 Å². The minimum atomic E-state index is -1.19. The highest BCUT2D eigenvalue weighted by Crippen LogP contribution is 2.19. The zero-order valence-electron chi connectivity index (χ0n) is 13.4. The second-order valence-electron chi connectivity index (χ2n) is 6.19. The molecule has 3 unspecified atom stereocenters. The molecule has 3 atom stereocenters. The topological polar surface area (TPSA) is 63.6 Å². The Morgan fingerprint density at radius 1 is 1.33 bits per heavy atom. The fraction of sp³-hybridized carbons (Fsp3) is 0.647. The van der Waals surface area contributed by atoms with Crippen molar-refractivity contribution >= 4 is 11.8 Å². The Bertz CT molecular complexity index is 446. The quantitative estimate of drug-likeness (QED) is 0.698. The van der Waals surface area contributed by atoms with E-state index in [1.54, 1.807) is 13.8 Å². The van der Waals surface area contributed by atoms with E-state index < -0.39 is 5.60 Å². The molecule has 0 spiro atoms. The lowest BCUT2D eigenvalue weighted by Crippen LogP contribution is -2.26. The van der Waals surface area contributed by atoms with E-state index in [1.807, 2.05) is 19.9 Å². The van der Waals surface area contributed by atoms with E-state index in [2.05, 4.69) is 0 Å². The summed E-state index contributed by atoms with van der Waals surface area (Å²) in [6.45, 7) is 7.28. The zero-order chi connectivity index (χ0) is 16.0. The van der Waals surface area contributed by atoms with E-state index in [9.17, 15) is 14.7 Å². The number of ketones is 1. The molecule has 1 heterocycles.